The Kier molecular flexibility index (Phi) is 4.26. The highest BCUT2D eigenvalue weighted by molar-refractivity contribution is 6.31. The number of aromatic nitrogens is 2. The maximum atomic E-state index is 12.2. The molecule has 20 heavy (non-hydrogen) atoms. The third kappa shape index (κ3) is 2.92. The van der Waals surface area contributed by atoms with Crippen LogP contribution in [0.3, 0.4) is 0 Å². The van der Waals surface area contributed by atoms with Crippen molar-refractivity contribution in [3.05, 3.63) is 46.2 Å². The van der Waals surface area contributed by atoms with Gasteiger partial charge in [0.2, 0.25) is 0 Å². The normalized spacial score (nSPS) is 10.4. The lowest BCUT2D eigenvalue weighted by Gasteiger charge is -2.10. The van der Waals surface area contributed by atoms with Crippen LogP contribution in [0.4, 0.5) is 5.69 Å². The van der Waals surface area contributed by atoms with E-state index in [4.69, 9.17) is 17.4 Å². The van der Waals surface area contributed by atoms with E-state index >= 15 is 0 Å². The number of benzene rings is 1. The highest BCUT2D eigenvalue weighted by atomic mass is 35.5. The first kappa shape index (κ1) is 14.4. The van der Waals surface area contributed by atoms with Crippen LogP contribution < -0.4 is 16.6 Å². The molecule has 0 atom stereocenters. The molecule has 1 heterocycles. The second kappa shape index (κ2) is 5.94. The zero-order valence-corrected chi connectivity index (χ0v) is 12.0. The quantitative estimate of drug-likeness (QED) is 0.590. The molecule has 1 amide bonds. The first-order valence-electron chi connectivity index (χ1n) is 6.04. The number of rotatable bonds is 4. The lowest BCUT2D eigenvalue weighted by Crippen LogP contribution is -2.25. The zero-order valence-electron chi connectivity index (χ0n) is 11.3. The number of nitrogens with zero attached hydrogens (tertiary/aromatic N) is 2. The van der Waals surface area contributed by atoms with Crippen LogP contribution in [0.1, 0.15) is 21.6 Å². The van der Waals surface area contributed by atoms with Gasteiger partial charge in [0.1, 0.15) is 0 Å². The van der Waals surface area contributed by atoms with Crippen LogP contribution >= 0.6 is 11.6 Å². The molecule has 0 aliphatic rings. The maximum absolute atomic E-state index is 12.2. The minimum Gasteiger partial charge on any atom is -0.348 e. The fourth-order valence-electron chi connectivity index (χ4n) is 1.82. The molecule has 0 aliphatic carbocycles. The van der Waals surface area contributed by atoms with Crippen LogP contribution in [0.25, 0.3) is 0 Å². The smallest absolute Gasteiger partial charge is 0.253 e. The van der Waals surface area contributed by atoms with E-state index in [1.807, 2.05) is 14.0 Å². The van der Waals surface area contributed by atoms with E-state index in [0.29, 0.717) is 22.8 Å². The standard InChI is InChI=1S/C13H16ClN5O/c1-8-9(7-17-19(8)2)6-16-13(20)11-5-10(14)3-4-12(11)18-15/h3-5,7,18H,6,15H2,1-2H3,(H,16,20). The molecule has 2 rings (SSSR count). The summed E-state index contributed by atoms with van der Waals surface area (Å²) >= 11 is 5.90. The zero-order chi connectivity index (χ0) is 14.7. The van der Waals surface area contributed by atoms with E-state index in [1.54, 1.807) is 29.1 Å². The molecule has 0 saturated heterocycles. The van der Waals surface area contributed by atoms with Gasteiger partial charge in [-0.1, -0.05) is 11.6 Å². The molecule has 0 unspecified atom stereocenters. The van der Waals surface area contributed by atoms with Gasteiger partial charge in [0, 0.05) is 29.9 Å². The van der Waals surface area contributed by atoms with Crippen LogP contribution in [0, 0.1) is 6.92 Å². The van der Waals surface area contributed by atoms with Gasteiger partial charge >= 0.3 is 0 Å². The molecule has 1 aromatic carbocycles. The van der Waals surface area contributed by atoms with Crippen molar-refractivity contribution >= 4 is 23.2 Å². The first-order valence-corrected chi connectivity index (χ1v) is 6.42. The van der Waals surface area contributed by atoms with Crippen molar-refractivity contribution in [2.75, 3.05) is 5.43 Å². The Morgan fingerprint density at radius 3 is 2.85 bits per heavy atom. The van der Waals surface area contributed by atoms with Gasteiger partial charge in [0.15, 0.2) is 0 Å². The molecule has 4 N–H and O–H groups in total. The molecule has 0 saturated carbocycles. The van der Waals surface area contributed by atoms with Gasteiger partial charge in [-0.25, -0.2) is 0 Å². The molecule has 0 aliphatic heterocycles. The lowest BCUT2D eigenvalue weighted by atomic mass is 10.1. The number of carbonyl (C=O) groups is 1. The predicted molar refractivity (Wildman–Crippen MR) is 78.4 cm³/mol. The second-order valence-electron chi connectivity index (χ2n) is 4.40. The van der Waals surface area contributed by atoms with E-state index in [-0.39, 0.29) is 5.91 Å². The Balaban J connectivity index is 2.12. The summed E-state index contributed by atoms with van der Waals surface area (Å²) in [5, 5.41) is 7.43. The van der Waals surface area contributed by atoms with Crippen molar-refractivity contribution in [1.29, 1.82) is 0 Å². The van der Waals surface area contributed by atoms with E-state index in [1.165, 1.54) is 0 Å². The number of halogens is 1. The second-order valence-corrected chi connectivity index (χ2v) is 4.83. The number of hydrogen-bond donors (Lipinski definition) is 3. The number of aryl methyl sites for hydroxylation is 1. The van der Waals surface area contributed by atoms with E-state index < -0.39 is 0 Å². The van der Waals surface area contributed by atoms with Gasteiger partial charge in [-0.05, 0) is 25.1 Å². The topological polar surface area (TPSA) is 85.0 Å². The lowest BCUT2D eigenvalue weighted by molar-refractivity contribution is 0.0951. The third-order valence-electron chi connectivity index (χ3n) is 3.16. The summed E-state index contributed by atoms with van der Waals surface area (Å²) in [4.78, 5) is 12.2. The number of nitrogens with one attached hydrogen (secondary N) is 2. The van der Waals surface area contributed by atoms with Crippen LogP contribution in [-0.2, 0) is 13.6 Å². The first-order chi connectivity index (χ1) is 9.52. The van der Waals surface area contributed by atoms with Crippen molar-refractivity contribution in [2.24, 2.45) is 12.9 Å². The summed E-state index contributed by atoms with van der Waals surface area (Å²) < 4.78 is 1.76. The van der Waals surface area contributed by atoms with Gasteiger partial charge in [0.25, 0.3) is 5.91 Å². The van der Waals surface area contributed by atoms with Crippen molar-refractivity contribution in [3.8, 4) is 0 Å². The minimum absolute atomic E-state index is 0.247. The summed E-state index contributed by atoms with van der Waals surface area (Å²) in [5.74, 6) is 5.14. The fourth-order valence-corrected chi connectivity index (χ4v) is 1.99. The number of amides is 1. The summed E-state index contributed by atoms with van der Waals surface area (Å²) in [6.07, 6.45) is 1.73. The van der Waals surface area contributed by atoms with E-state index in [2.05, 4.69) is 15.8 Å². The van der Waals surface area contributed by atoms with E-state index in [0.717, 1.165) is 11.3 Å². The van der Waals surface area contributed by atoms with Gasteiger partial charge in [-0.3, -0.25) is 15.3 Å². The monoisotopic (exact) mass is 293 g/mol. The van der Waals surface area contributed by atoms with Gasteiger partial charge in [-0.15, -0.1) is 0 Å². The minimum atomic E-state index is -0.247. The van der Waals surface area contributed by atoms with Gasteiger partial charge < -0.3 is 10.7 Å². The molecular weight excluding hydrogens is 278 g/mol. The summed E-state index contributed by atoms with van der Waals surface area (Å²) in [5.41, 5.74) is 5.38. The molecule has 0 radical (unpaired) electrons. The summed E-state index contributed by atoms with van der Waals surface area (Å²) in [6.45, 7) is 2.34. The molecule has 0 bridgehead atoms. The Bertz CT molecular complexity index is 638. The largest absolute Gasteiger partial charge is 0.348 e. The fraction of sp³-hybridized carbons (Fsp3) is 0.231. The van der Waals surface area contributed by atoms with Crippen molar-refractivity contribution in [1.82, 2.24) is 15.1 Å². The molecule has 1 aromatic heterocycles. The molecular formula is C13H16ClN5O. The number of hydrazine groups is 1. The Hall–Kier alpha value is -2.05. The Morgan fingerprint density at radius 1 is 1.50 bits per heavy atom. The number of hydrogen-bond acceptors (Lipinski definition) is 4. The average Bonchev–Trinajstić information content (AvgIpc) is 2.76. The Labute approximate surface area is 121 Å². The predicted octanol–water partition coefficient (Wildman–Crippen LogP) is 1.60. The van der Waals surface area contributed by atoms with Crippen LogP contribution in [0.5, 0.6) is 0 Å². The summed E-state index contributed by atoms with van der Waals surface area (Å²) in [6, 6.07) is 4.90. The highest BCUT2D eigenvalue weighted by Gasteiger charge is 2.12. The highest BCUT2D eigenvalue weighted by Crippen LogP contribution is 2.20. The Morgan fingerprint density at radius 2 is 2.25 bits per heavy atom. The molecule has 6 nitrogen and oxygen atoms in total. The van der Waals surface area contributed by atoms with Crippen LogP contribution in [-0.4, -0.2) is 15.7 Å². The number of anilines is 1. The molecule has 106 valence electrons. The third-order valence-corrected chi connectivity index (χ3v) is 3.39. The van der Waals surface area contributed by atoms with Gasteiger partial charge in [-0.2, -0.15) is 5.10 Å². The van der Waals surface area contributed by atoms with Crippen molar-refractivity contribution in [2.45, 2.75) is 13.5 Å². The van der Waals surface area contributed by atoms with Crippen molar-refractivity contribution < 1.29 is 4.79 Å². The number of carbonyl (C=O) groups excluding carboxylic acids is 1. The maximum Gasteiger partial charge on any atom is 0.253 e. The molecule has 2 aromatic rings. The molecule has 0 fully saturated rings. The van der Waals surface area contributed by atoms with Gasteiger partial charge in [0.05, 0.1) is 17.4 Å². The average molecular weight is 294 g/mol. The van der Waals surface area contributed by atoms with Crippen LogP contribution in [0.2, 0.25) is 5.02 Å². The SMILES string of the molecule is Cc1c(CNC(=O)c2cc(Cl)ccc2NN)cnn1C. The number of nitrogens with two attached hydrogens (primary N) is 1. The summed E-state index contributed by atoms with van der Waals surface area (Å²) in [7, 11) is 1.86. The number of nitrogen functional groups attached to an aromatic ring is 1. The van der Waals surface area contributed by atoms with Crippen molar-refractivity contribution in [3.63, 3.8) is 0 Å². The van der Waals surface area contributed by atoms with E-state index in [9.17, 15) is 4.79 Å². The molecule has 7 heteroatoms. The molecule has 0 spiro atoms. The van der Waals surface area contributed by atoms with Crippen LogP contribution in [0.15, 0.2) is 24.4 Å².